The van der Waals surface area contributed by atoms with Crippen molar-refractivity contribution in [2.45, 2.75) is 5.92 Å². The summed E-state index contributed by atoms with van der Waals surface area (Å²) >= 11 is 5.75. The zero-order chi connectivity index (χ0) is 13.1. The molecular weight excluding hydrogens is 255 g/mol. The Morgan fingerprint density at radius 1 is 1.11 bits per heavy atom. The van der Waals surface area contributed by atoms with Gasteiger partial charge in [0.2, 0.25) is 0 Å². The van der Waals surface area contributed by atoms with Gasteiger partial charge in [0.25, 0.3) is 0 Å². The number of aliphatic carboxylic acids is 1. The predicted octanol–water partition coefficient (Wildman–Crippen LogP) is 3.70. The molecule has 0 bridgehead atoms. The third kappa shape index (κ3) is 2.51. The van der Waals surface area contributed by atoms with Gasteiger partial charge in [0.1, 0.15) is 11.7 Å². The van der Waals surface area contributed by atoms with Crippen molar-refractivity contribution in [3.8, 4) is 0 Å². The molecule has 2 rings (SSSR count). The van der Waals surface area contributed by atoms with E-state index in [1.165, 1.54) is 18.2 Å². The molecular formula is C14H10ClFO2. The van der Waals surface area contributed by atoms with Crippen LogP contribution < -0.4 is 0 Å². The molecule has 1 N–H and O–H groups in total. The molecule has 18 heavy (non-hydrogen) atoms. The van der Waals surface area contributed by atoms with Crippen LogP contribution in [0.25, 0.3) is 0 Å². The molecule has 0 aliphatic rings. The first-order valence-electron chi connectivity index (χ1n) is 5.32. The van der Waals surface area contributed by atoms with Crippen LogP contribution in [0.3, 0.4) is 0 Å². The van der Waals surface area contributed by atoms with E-state index in [0.717, 1.165) is 0 Å². The molecule has 0 fully saturated rings. The van der Waals surface area contributed by atoms with Crippen molar-refractivity contribution in [3.63, 3.8) is 0 Å². The molecule has 0 spiro atoms. The molecule has 0 saturated heterocycles. The lowest BCUT2D eigenvalue weighted by molar-refractivity contribution is -0.137. The number of benzene rings is 2. The molecule has 2 aromatic rings. The molecule has 0 saturated carbocycles. The van der Waals surface area contributed by atoms with Gasteiger partial charge in [-0.1, -0.05) is 41.9 Å². The molecule has 0 radical (unpaired) electrons. The maximum atomic E-state index is 13.7. The monoisotopic (exact) mass is 264 g/mol. The molecule has 0 heterocycles. The van der Waals surface area contributed by atoms with E-state index in [9.17, 15) is 14.3 Å². The number of carboxylic acid groups (broad SMARTS) is 1. The minimum absolute atomic E-state index is 0.146. The van der Waals surface area contributed by atoms with Crippen molar-refractivity contribution in [2.24, 2.45) is 0 Å². The number of rotatable bonds is 3. The molecule has 1 atom stereocenters. The van der Waals surface area contributed by atoms with Crippen LogP contribution in [0.4, 0.5) is 4.39 Å². The topological polar surface area (TPSA) is 37.3 Å². The van der Waals surface area contributed by atoms with Gasteiger partial charge >= 0.3 is 5.97 Å². The molecule has 4 heteroatoms. The summed E-state index contributed by atoms with van der Waals surface area (Å²) in [6.45, 7) is 0. The minimum Gasteiger partial charge on any atom is -0.481 e. The van der Waals surface area contributed by atoms with E-state index < -0.39 is 17.7 Å². The third-order valence-corrected chi connectivity index (χ3v) is 2.92. The number of hydrogen-bond donors (Lipinski definition) is 1. The Morgan fingerprint density at radius 2 is 1.72 bits per heavy atom. The van der Waals surface area contributed by atoms with E-state index in [-0.39, 0.29) is 5.56 Å². The Kier molecular flexibility index (Phi) is 3.63. The van der Waals surface area contributed by atoms with Crippen molar-refractivity contribution >= 4 is 17.6 Å². The maximum Gasteiger partial charge on any atom is 0.315 e. The lowest BCUT2D eigenvalue weighted by Gasteiger charge is -2.14. The van der Waals surface area contributed by atoms with Crippen LogP contribution in [0.15, 0.2) is 48.5 Å². The summed E-state index contributed by atoms with van der Waals surface area (Å²) in [6, 6.07) is 12.2. The summed E-state index contributed by atoms with van der Waals surface area (Å²) in [7, 11) is 0. The zero-order valence-corrected chi connectivity index (χ0v) is 10.1. The van der Waals surface area contributed by atoms with Crippen molar-refractivity contribution in [1.82, 2.24) is 0 Å². The quantitative estimate of drug-likeness (QED) is 0.918. The number of hydrogen-bond acceptors (Lipinski definition) is 1. The van der Waals surface area contributed by atoms with Crippen LogP contribution in [0, 0.1) is 5.82 Å². The van der Waals surface area contributed by atoms with Gasteiger partial charge < -0.3 is 5.11 Å². The van der Waals surface area contributed by atoms with Crippen LogP contribution in [-0.2, 0) is 4.79 Å². The van der Waals surface area contributed by atoms with Gasteiger partial charge in [-0.05, 0) is 23.8 Å². The van der Waals surface area contributed by atoms with Gasteiger partial charge in [-0.25, -0.2) is 4.39 Å². The first kappa shape index (κ1) is 12.6. The lowest BCUT2D eigenvalue weighted by atomic mass is 9.91. The van der Waals surface area contributed by atoms with Gasteiger partial charge in [0.15, 0.2) is 0 Å². The second-order valence-corrected chi connectivity index (χ2v) is 4.28. The van der Waals surface area contributed by atoms with E-state index in [2.05, 4.69) is 0 Å². The highest BCUT2D eigenvalue weighted by Crippen LogP contribution is 2.27. The zero-order valence-electron chi connectivity index (χ0n) is 9.31. The van der Waals surface area contributed by atoms with E-state index in [0.29, 0.717) is 10.6 Å². The fraction of sp³-hybridized carbons (Fsp3) is 0.0714. The second-order valence-electron chi connectivity index (χ2n) is 3.84. The van der Waals surface area contributed by atoms with Crippen LogP contribution in [-0.4, -0.2) is 11.1 Å². The second kappa shape index (κ2) is 5.19. The molecule has 2 nitrogen and oxygen atoms in total. The van der Waals surface area contributed by atoms with E-state index >= 15 is 0 Å². The first-order chi connectivity index (χ1) is 8.59. The Labute approximate surface area is 109 Å². The van der Waals surface area contributed by atoms with Gasteiger partial charge in [0, 0.05) is 10.6 Å². The highest BCUT2D eigenvalue weighted by atomic mass is 35.5. The molecule has 0 amide bonds. The molecule has 0 aliphatic heterocycles. The number of halogens is 2. The highest BCUT2D eigenvalue weighted by molar-refractivity contribution is 6.30. The Morgan fingerprint density at radius 3 is 2.28 bits per heavy atom. The van der Waals surface area contributed by atoms with Crippen molar-refractivity contribution in [2.75, 3.05) is 0 Å². The fourth-order valence-electron chi connectivity index (χ4n) is 1.82. The largest absolute Gasteiger partial charge is 0.481 e. The van der Waals surface area contributed by atoms with Crippen molar-refractivity contribution < 1.29 is 14.3 Å². The van der Waals surface area contributed by atoms with Gasteiger partial charge in [0.05, 0.1) is 0 Å². The molecule has 0 aromatic heterocycles. The SMILES string of the molecule is O=C(O)C(c1ccc(Cl)cc1)c1ccccc1F. The van der Waals surface area contributed by atoms with Gasteiger partial charge in [-0.15, -0.1) is 0 Å². The normalized spacial score (nSPS) is 12.1. The number of carbonyl (C=O) groups is 1. The van der Waals surface area contributed by atoms with Gasteiger partial charge in [-0.3, -0.25) is 4.79 Å². The smallest absolute Gasteiger partial charge is 0.315 e. The molecule has 1 unspecified atom stereocenters. The molecule has 2 aromatic carbocycles. The standard InChI is InChI=1S/C14H10ClFO2/c15-10-7-5-9(6-8-10)13(14(17)18)11-3-1-2-4-12(11)16/h1-8,13H,(H,17,18). The predicted molar refractivity (Wildman–Crippen MR) is 67.3 cm³/mol. The van der Waals surface area contributed by atoms with Crippen LogP contribution in [0.2, 0.25) is 5.02 Å². The Bertz CT molecular complexity index is 566. The first-order valence-corrected chi connectivity index (χ1v) is 5.70. The summed E-state index contributed by atoms with van der Waals surface area (Å²) < 4.78 is 13.7. The summed E-state index contributed by atoms with van der Waals surface area (Å²) in [5, 5.41) is 9.78. The van der Waals surface area contributed by atoms with Crippen LogP contribution >= 0.6 is 11.6 Å². The molecule has 92 valence electrons. The average molecular weight is 265 g/mol. The Balaban J connectivity index is 2.50. The fourth-order valence-corrected chi connectivity index (χ4v) is 1.95. The van der Waals surface area contributed by atoms with Gasteiger partial charge in [-0.2, -0.15) is 0 Å². The minimum atomic E-state index is -1.09. The van der Waals surface area contributed by atoms with Crippen LogP contribution in [0.1, 0.15) is 17.0 Å². The van der Waals surface area contributed by atoms with E-state index in [1.54, 1.807) is 30.3 Å². The van der Waals surface area contributed by atoms with E-state index in [1.807, 2.05) is 0 Å². The number of carboxylic acids is 1. The Hall–Kier alpha value is -1.87. The summed E-state index contributed by atoms with van der Waals surface area (Å²) in [5.41, 5.74) is 0.643. The highest BCUT2D eigenvalue weighted by Gasteiger charge is 2.24. The summed E-state index contributed by atoms with van der Waals surface area (Å²) in [5.74, 6) is -2.65. The van der Waals surface area contributed by atoms with Crippen LogP contribution in [0.5, 0.6) is 0 Å². The maximum absolute atomic E-state index is 13.7. The summed E-state index contributed by atoms with van der Waals surface area (Å²) in [6.07, 6.45) is 0. The average Bonchev–Trinajstić information content (AvgIpc) is 2.34. The van der Waals surface area contributed by atoms with E-state index in [4.69, 9.17) is 11.6 Å². The summed E-state index contributed by atoms with van der Waals surface area (Å²) in [4.78, 5) is 11.3. The lowest BCUT2D eigenvalue weighted by Crippen LogP contribution is -2.14. The van der Waals surface area contributed by atoms with Crippen molar-refractivity contribution in [3.05, 3.63) is 70.5 Å². The third-order valence-electron chi connectivity index (χ3n) is 2.67. The molecule has 0 aliphatic carbocycles. The van der Waals surface area contributed by atoms with Crippen molar-refractivity contribution in [1.29, 1.82) is 0 Å².